The molecule has 1 aromatic rings. The Morgan fingerprint density at radius 3 is 2.40 bits per heavy atom. The molecular formula is C22H33N3O4S. The summed E-state index contributed by atoms with van der Waals surface area (Å²) in [5.41, 5.74) is 0.807. The minimum atomic E-state index is -3.78. The molecule has 30 heavy (non-hydrogen) atoms. The van der Waals surface area contributed by atoms with Gasteiger partial charge in [-0.25, -0.2) is 8.42 Å². The number of nitriles is 1. The number of nitrogens with one attached hydrogen (secondary N) is 1. The van der Waals surface area contributed by atoms with Gasteiger partial charge in [0, 0.05) is 31.6 Å². The lowest BCUT2D eigenvalue weighted by Crippen LogP contribution is -2.52. The smallest absolute Gasteiger partial charge is 0.244 e. The number of hydrogen-bond donors (Lipinski definition) is 1. The van der Waals surface area contributed by atoms with E-state index in [0.29, 0.717) is 37.9 Å². The zero-order valence-electron chi connectivity index (χ0n) is 18.2. The van der Waals surface area contributed by atoms with Crippen molar-refractivity contribution in [2.45, 2.75) is 69.6 Å². The lowest BCUT2D eigenvalue weighted by Gasteiger charge is -2.46. The molecule has 166 valence electrons. The molecule has 2 fully saturated rings. The van der Waals surface area contributed by atoms with Crippen LogP contribution in [-0.2, 0) is 19.5 Å². The van der Waals surface area contributed by atoms with Gasteiger partial charge in [-0.05, 0) is 30.5 Å². The van der Waals surface area contributed by atoms with E-state index in [-0.39, 0.29) is 16.5 Å². The molecule has 0 amide bonds. The summed E-state index contributed by atoms with van der Waals surface area (Å²) in [4.78, 5) is 0.0518. The number of anilines is 1. The number of sulfonamides is 1. The Hall–Kier alpha value is -1.66. The minimum Gasteiger partial charge on any atom is -0.378 e. The summed E-state index contributed by atoms with van der Waals surface area (Å²) >= 11 is 0. The molecule has 1 spiro atoms. The number of benzene rings is 1. The third-order valence-corrected chi connectivity index (χ3v) is 8.25. The second-order valence-electron chi connectivity index (χ2n) is 8.19. The average molecular weight is 436 g/mol. The average Bonchev–Trinajstić information content (AvgIpc) is 2.74. The highest BCUT2D eigenvalue weighted by Crippen LogP contribution is 2.39. The Kier molecular flexibility index (Phi) is 7.40. The fraction of sp³-hybridized carbons (Fsp3) is 0.682. The van der Waals surface area contributed by atoms with E-state index in [9.17, 15) is 13.7 Å². The quantitative estimate of drug-likeness (QED) is 0.636. The van der Waals surface area contributed by atoms with Crippen LogP contribution in [-0.4, -0.2) is 50.9 Å². The zero-order valence-corrected chi connectivity index (χ0v) is 19.0. The van der Waals surface area contributed by atoms with Crippen LogP contribution in [0.25, 0.3) is 0 Å². The SMILES string of the molecule is CCC(CC)CN(CC)S(=O)(=O)c1cc(NC2COC3(CCC3)OC2)ccc1C#N. The molecule has 7 nitrogen and oxygen atoms in total. The Morgan fingerprint density at radius 1 is 1.23 bits per heavy atom. The highest BCUT2D eigenvalue weighted by atomic mass is 32.2. The molecule has 3 rings (SSSR count). The molecule has 8 heteroatoms. The van der Waals surface area contributed by atoms with Crippen molar-refractivity contribution in [1.29, 1.82) is 5.26 Å². The fourth-order valence-corrected chi connectivity index (χ4v) is 5.65. The third kappa shape index (κ3) is 4.80. The van der Waals surface area contributed by atoms with Crippen LogP contribution in [0.5, 0.6) is 0 Å². The van der Waals surface area contributed by atoms with Gasteiger partial charge in [-0.15, -0.1) is 0 Å². The second-order valence-corrected chi connectivity index (χ2v) is 10.1. The van der Waals surface area contributed by atoms with Crippen LogP contribution >= 0.6 is 0 Å². The molecule has 1 aromatic carbocycles. The first-order chi connectivity index (χ1) is 14.4. The monoisotopic (exact) mass is 435 g/mol. The van der Waals surface area contributed by atoms with Gasteiger partial charge in [0.25, 0.3) is 0 Å². The number of nitrogens with zero attached hydrogens (tertiary/aromatic N) is 2. The van der Waals surface area contributed by atoms with E-state index >= 15 is 0 Å². The molecule has 1 aliphatic carbocycles. The maximum atomic E-state index is 13.4. The zero-order chi connectivity index (χ0) is 21.8. The van der Waals surface area contributed by atoms with Crippen LogP contribution in [0.1, 0.15) is 58.4 Å². The molecule has 0 aromatic heterocycles. The summed E-state index contributed by atoms with van der Waals surface area (Å²) in [6.07, 6.45) is 4.82. The van der Waals surface area contributed by atoms with Gasteiger partial charge >= 0.3 is 0 Å². The first-order valence-electron chi connectivity index (χ1n) is 11.0. The highest BCUT2D eigenvalue weighted by molar-refractivity contribution is 7.89. The van der Waals surface area contributed by atoms with Crippen molar-refractivity contribution in [3.63, 3.8) is 0 Å². The fourth-order valence-electron chi connectivity index (χ4n) is 3.96. The molecule has 0 bridgehead atoms. The molecular weight excluding hydrogens is 402 g/mol. The predicted octanol–water partition coefficient (Wildman–Crippen LogP) is 3.71. The van der Waals surface area contributed by atoms with Crippen molar-refractivity contribution in [3.8, 4) is 6.07 Å². The van der Waals surface area contributed by atoms with E-state index in [1.165, 1.54) is 4.31 Å². The molecule has 2 aliphatic rings. The summed E-state index contributed by atoms with van der Waals surface area (Å²) < 4.78 is 40.0. The third-order valence-electron chi connectivity index (χ3n) is 6.27. The van der Waals surface area contributed by atoms with Gasteiger partial charge in [0.05, 0.1) is 24.8 Å². The first kappa shape index (κ1) is 23.0. The molecule has 0 radical (unpaired) electrons. The molecule has 1 N–H and O–H groups in total. The van der Waals surface area contributed by atoms with Gasteiger partial charge in [-0.2, -0.15) is 9.57 Å². The minimum absolute atomic E-state index is 0.0518. The topological polar surface area (TPSA) is 91.7 Å². The normalized spacial score (nSPS) is 19.1. The van der Waals surface area contributed by atoms with Crippen LogP contribution in [0.4, 0.5) is 5.69 Å². The molecule has 1 saturated carbocycles. The van der Waals surface area contributed by atoms with Gasteiger partial charge in [-0.1, -0.05) is 33.6 Å². The standard InChI is InChI=1S/C22H33N3O4S/c1-4-17(5-2)14-25(6-3)30(26,27)21-12-19(9-8-18(21)13-23)24-20-15-28-22(29-16-20)10-7-11-22/h8-9,12,17,20,24H,4-7,10-11,14-16H2,1-3H3. The van der Waals surface area contributed by atoms with E-state index in [1.807, 2.05) is 13.0 Å². The summed E-state index contributed by atoms with van der Waals surface area (Å²) in [5, 5.41) is 12.8. The van der Waals surface area contributed by atoms with Crippen LogP contribution in [0, 0.1) is 17.2 Å². The van der Waals surface area contributed by atoms with E-state index in [0.717, 1.165) is 32.1 Å². The first-order valence-corrected chi connectivity index (χ1v) is 12.4. The van der Waals surface area contributed by atoms with Crippen molar-refractivity contribution in [1.82, 2.24) is 4.31 Å². The highest BCUT2D eigenvalue weighted by Gasteiger charge is 2.43. The van der Waals surface area contributed by atoms with E-state index < -0.39 is 15.8 Å². The number of ether oxygens (including phenoxy) is 2. The maximum absolute atomic E-state index is 13.4. The van der Waals surface area contributed by atoms with Gasteiger partial charge in [-0.3, -0.25) is 0 Å². The van der Waals surface area contributed by atoms with Crippen molar-refractivity contribution in [2.75, 3.05) is 31.6 Å². The van der Waals surface area contributed by atoms with Crippen LogP contribution in [0.2, 0.25) is 0 Å². The van der Waals surface area contributed by atoms with Gasteiger partial charge in [0.1, 0.15) is 11.0 Å². The van der Waals surface area contributed by atoms with Gasteiger partial charge in [0.2, 0.25) is 10.0 Å². The van der Waals surface area contributed by atoms with Gasteiger partial charge in [0.15, 0.2) is 5.79 Å². The Bertz CT molecular complexity index is 863. The Balaban J connectivity index is 1.78. The van der Waals surface area contributed by atoms with Gasteiger partial charge < -0.3 is 14.8 Å². The number of hydrogen-bond acceptors (Lipinski definition) is 6. The van der Waals surface area contributed by atoms with Crippen molar-refractivity contribution >= 4 is 15.7 Å². The molecule has 1 aliphatic heterocycles. The predicted molar refractivity (Wildman–Crippen MR) is 116 cm³/mol. The maximum Gasteiger partial charge on any atom is 0.244 e. The number of rotatable bonds is 9. The molecule has 1 saturated heterocycles. The second kappa shape index (κ2) is 9.65. The van der Waals surface area contributed by atoms with Crippen LogP contribution in [0.15, 0.2) is 23.1 Å². The summed E-state index contributed by atoms with van der Waals surface area (Å²) in [6, 6.07) is 6.85. The summed E-state index contributed by atoms with van der Waals surface area (Å²) in [6.45, 7) is 7.83. The Labute approximate surface area is 180 Å². The summed E-state index contributed by atoms with van der Waals surface area (Å²) in [5.74, 6) is -0.101. The Morgan fingerprint density at radius 2 is 1.90 bits per heavy atom. The molecule has 1 heterocycles. The van der Waals surface area contributed by atoms with Crippen molar-refractivity contribution in [3.05, 3.63) is 23.8 Å². The van der Waals surface area contributed by atoms with E-state index in [4.69, 9.17) is 9.47 Å². The molecule has 0 unspecified atom stereocenters. The van der Waals surface area contributed by atoms with E-state index in [1.54, 1.807) is 18.2 Å². The summed E-state index contributed by atoms with van der Waals surface area (Å²) in [7, 11) is -3.78. The molecule has 0 atom stereocenters. The lowest BCUT2D eigenvalue weighted by molar-refractivity contribution is -0.305. The van der Waals surface area contributed by atoms with Crippen LogP contribution in [0.3, 0.4) is 0 Å². The van der Waals surface area contributed by atoms with Crippen molar-refractivity contribution in [2.24, 2.45) is 5.92 Å². The van der Waals surface area contributed by atoms with Crippen LogP contribution < -0.4 is 5.32 Å². The van der Waals surface area contributed by atoms with Crippen molar-refractivity contribution < 1.29 is 17.9 Å². The lowest BCUT2D eigenvalue weighted by atomic mass is 9.90. The largest absolute Gasteiger partial charge is 0.378 e. The van der Waals surface area contributed by atoms with E-state index in [2.05, 4.69) is 19.2 Å².